The van der Waals surface area contributed by atoms with Gasteiger partial charge in [0.15, 0.2) is 0 Å². The van der Waals surface area contributed by atoms with Crippen molar-refractivity contribution in [1.82, 2.24) is 10.3 Å². The average Bonchev–Trinajstić information content (AvgIpc) is 2.69. The van der Waals surface area contributed by atoms with Crippen LogP contribution in [0, 0.1) is 0 Å². The summed E-state index contributed by atoms with van der Waals surface area (Å²) in [4.78, 5) is 10.8. The SMILES string of the molecule is CNC(=S)C1(c2cccnc2)CCCC/C1=N\OCc1ccccc1. The Hall–Kier alpha value is -2.27. The van der Waals surface area contributed by atoms with Gasteiger partial charge >= 0.3 is 0 Å². The van der Waals surface area contributed by atoms with Crippen LogP contribution in [0.4, 0.5) is 0 Å². The smallest absolute Gasteiger partial charge is 0.142 e. The second-order valence-electron chi connectivity index (χ2n) is 6.23. The van der Waals surface area contributed by atoms with Crippen LogP contribution < -0.4 is 5.32 Å². The number of pyridine rings is 1. The Labute approximate surface area is 154 Å². The molecule has 1 aliphatic rings. The molecule has 1 unspecified atom stereocenters. The molecule has 3 rings (SSSR count). The summed E-state index contributed by atoms with van der Waals surface area (Å²) in [5.41, 5.74) is 2.75. The second-order valence-corrected chi connectivity index (χ2v) is 6.64. The summed E-state index contributed by atoms with van der Waals surface area (Å²) >= 11 is 5.72. The first kappa shape index (κ1) is 17.5. The lowest BCUT2D eigenvalue weighted by Gasteiger charge is -2.38. The van der Waals surface area contributed by atoms with E-state index in [2.05, 4.69) is 21.5 Å². The van der Waals surface area contributed by atoms with Crippen molar-refractivity contribution < 1.29 is 4.84 Å². The monoisotopic (exact) mass is 353 g/mol. The van der Waals surface area contributed by atoms with Crippen molar-refractivity contribution in [3.05, 3.63) is 66.0 Å². The van der Waals surface area contributed by atoms with Gasteiger partial charge in [0.2, 0.25) is 0 Å². The molecule has 1 aromatic heterocycles. The number of hydrogen-bond donors (Lipinski definition) is 1. The van der Waals surface area contributed by atoms with E-state index in [1.807, 2.05) is 49.6 Å². The molecule has 1 N–H and O–H groups in total. The summed E-state index contributed by atoms with van der Waals surface area (Å²) in [7, 11) is 1.87. The van der Waals surface area contributed by atoms with Crippen molar-refractivity contribution in [3.63, 3.8) is 0 Å². The molecule has 1 atom stereocenters. The minimum atomic E-state index is -0.423. The number of thiocarbonyl (C=S) groups is 1. The molecule has 0 amide bonds. The highest BCUT2D eigenvalue weighted by Gasteiger charge is 2.44. The minimum absolute atomic E-state index is 0.423. The van der Waals surface area contributed by atoms with Crippen LogP contribution in [-0.4, -0.2) is 22.7 Å². The van der Waals surface area contributed by atoms with E-state index >= 15 is 0 Å². The van der Waals surface area contributed by atoms with E-state index in [0.717, 1.165) is 47.5 Å². The average molecular weight is 353 g/mol. The number of nitrogens with zero attached hydrogens (tertiary/aromatic N) is 2. The van der Waals surface area contributed by atoms with Gasteiger partial charge in [-0.1, -0.05) is 60.2 Å². The Kier molecular flexibility index (Phi) is 5.76. The van der Waals surface area contributed by atoms with Gasteiger partial charge in [0.25, 0.3) is 0 Å². The van der Waals surface area contributed by atoms with Gasteiger partial charge in [-0.25, -0.2) is 0 Å². The van der Waals surface area contributed by atoms with Crippen LogP contribution >= 0.6 is 12.2 Å². The summed E-state index contributed by atoms with van der Waals surface area (Å²) in [5, 5.41) is 7.72. The molecule has 4 nitrogen and oxygen atoms in total. The fraction of sp³-hybridized carbons (Fsp3) is 0.350. The summed E-state index contributed by atoms with van der Waals surface area (Å²) in [5.74, 6) is 0. The van der Waals surface area contributed by atoms with Gasteiger partial charge in [0.1, 0.15) is 6.61 Å². The number of oxime groups is 1. The minimum Gasteiger partial charge on any atom is -0.391 e. The Bertz CT molecular complexity index is 733. The molecular formula is C20H23N3OS. The number of benzene rings is 1. The van der Waals surface area contributed by atoms with E-state index in [1.165, 1.54) is 0 Å². The van der Waals surface area contributed by atoms with Crippen LogP contribution in [0.2, 0.25) is 0 Å². The summed E-state index contributed by atoms with van der Waals surface area (Å²) in [6.07, 6.45) is 7.68. The molecule has 0 saturated heterocycles. The van der Waals surface area contributed by atoms with Gasteiger partial charge in [0.05, 0.1) is 16.1 Å². The highest BCUT2D eigenvalue weighted by atomic mass is 32.1. The predicted molar refractivity (Wildman–Crippen MR) is 105 cm³/mol. The van der Waals surface area contributed by atoms with Gasteiger partial charge in [-0.15, -0.1) is 0 Å². The van der Waals surface area contributed by atoms with Gasteiger partial charge in [-0.05, 0) is 36.5 Å². The molecule has 2 aromatic rings. The number of aromatic nitrogens is 1. The van der Waals surface area contributed by atoms with Gasteiger partial charge in [0, 0.05) is 19.4 Å². The van der Waals surface area contributed by atoms with Crippen molar-refractivity contribution in [2.75, 3.05) is 7.05 Å². The molecule has 0 bridgehead atoms. The molecule has 1 saturated carbocycles. The van der Waals surface area contributed by atoms with Crippen LogP contribution in [0.15, 0.2) is 60.0 Å². The van der Waals surface area contributed by atoms with Crippen LogP contribution in [0.1, 0.15) is 36.8 Å². The summed E-state index contributed by atoms with van der Waals surface area (Å²) < 4.78 is 0. The maximum Gasteiger partial charge on any atom is 0.142 e. The van der Waals surface area contributed by atoms with E-state index in [9.17, 15) is 0 Å². The zero-order valence-corrected chi connectivity index (χ0v) is 15.3. The van der Waals surface area contributed by atoms with E-state index in [1.54, 1.807) is 6.20 Å². The lowest BCUT2D eigenvalue weighted by Crippen LogP contribution is -2.50. The highest BCUT2D eigenvalue weighted by molar-refractivity contribution is 7.80. The third-order valence-corrected chi connectivity index (χ3v) is 5.28. The molecule has 0 spiro atoms. The van der Waals surface area contributed by atoms with Crippen molar-refractivity contribution in [1.29, 1.82) is 0 Å². The molecule has 0 radical (unpaired) electrons. The fourth-order valence-electron chi connectivity index (χ4n) is 3.44. The van der Waals surface area contributed by atoms with Crippen molar-refractivity contribution in [2.45, 2.75) is 37.7 Å². The highest BCUT2D eigenvalue weighted by Crippen LogP contribution is 2.38. The lowest BCUT2D eigenvalue weighted by molar-refractivity contribution is 0.127. The Balaban J connectivity index is 1.91. The van der Waals surface area contributed by atoms with Crippen molar-refractivity contribution in [2.24, 2.45) is 5.16 Å². The Morgan fingerprint density at radius 2 is 2.08 bits per heavy atom. The van der Waals surface area contributed by atoms with E-state index < -0.39 is 5.41 Å². The first-order valence-electron chi connectivity index (χ1n) is 8.63. The quantitative estimate of drug-likeness (QED) is 0.652. The molecule has 5 heteroatoms. The first-order valence-corrected chi connectivity index (χ1v) is 9.04. The number of hydrogen-bond acceptors (Lipinski definition) is 4. The summed E-state index contributed by atoms with van der Waals surface area (Å²) in [6, 6.07) is 14.1. The molecule has 0 aliphatic heterocycles. The summed E-state index contributed by atoms with van der Waals surface area (Å²) in [6.45, 7) is 0.458. The molecule has 1 fully saturated rings. The van der Waals surface area contributed by atoms with Gasteiger partial charge in [-0.3, -0.25) is 4.98 Å². The second kappa shape index (κ2) is 8.21. The van der Waals surface area contributed by atoms with Gasteiger partial charge in [-0.2, -0.15) is 0 Å². The molecule has 1 aromatic carbocycles. The van der Waals surface area contributed by atoms with Crippen molar-refractivity contribution >= 4 is 22.9 Å². The van der Waals surface area contributed by atoms with Crippen LogP contribution in [0.5, 0.6) is 0 Å². The predicted octanol–water partition coefficient (Wildman–Crippen LogP) is 4.01. The number of likely N-dealkylation sites (N-methyl/N-ethyl adjacent to an activating group) is 1. The van der Waals surface area contributed by atoms with Crippen LogP contribution in [0.25, 0.3) is 0 Å². The van der Waals surface area contributed by atoms with E-state index in [0.29, 0.717) is 6.61 Å². The Morgan fingerprint density at radius 3 is 2.80 bits per heavy atom. The molecule has 25 heavy (non-hydrogen) atoms. The maximum atomic E-state index is 5.72. The normalized spacial score (nSPS) is 21.7. The maximum absolute atomic E-state index is 5.72. The van der Waals surface area contributed by atoms with E-state index in [-0.39, 0.29) is 0 Å². The zero-order valence-electron chi connectivity index (χ0n) is 14.4. The third kappa shape index (κ3) is 3.71. The molecule has 130 valence electrons. The van der Waals surface area contributed by atoms with Crippen LogP contribution in [0.3, 0.4) is 0 Å². The van der Waals surface area contributed by atoms with E-state index in [4.69, 9.17) is 17.1 Å². The fourth-order valence-corrected chi connectivity index (χ4v) is 3.78. The molecule has 1 heterocycles. The molecule has 1 aliphatic carbocycles. The molecular weight excluding hydrogens is 330 g/mol. The largest absolute Gasteiger partial charge is 0.391 e. The van der Waals surface area contributed by atoms with Crippen molar-refractivity contribution in [3.8, 4) is 0 Å². The number of nitrogens with one attached hydrogen (secondary N) is 1. The zero-order chi connectivity index (χ0) is 17.5. The standard InChI is InChI=1S/C20H23N3OS/c1-21-19(25)20(17-10-7-13-22-14-17)12-6-5-11-18(20)23-24-15-16-8-3-2-4-9-16/h2-4,7-10,13-14H,5-6,11-12,15H2,1H3,(H,21,25)/b23-18+. The topological polar surface area (TPSA) is 46.5 Å². The third-order valence-electron chi connectivity index (χ3n) is 4.73. The lowest BCUT2D eigenvalue weighted by atomic mass is 9.68. The first-order chi connectivity index (χ1) is 12.3. The van der Waals surface area contributed by atoms with Gasteiger partial charge < -0.3 is 10.2 Å². The number of rotatable bonds is 5. The Morgan fingerprint density at radius 1 is 1.24 bits per heavy atom. The van der Waals surface area contributed by atoms with Crippen LogP contribution in [-0.2, 0) is 16.9 Å².